The van der Waals surface area contributed by atoms with E-state index < -0.39 is 0 Å². The lowest BCUT2D eigenvalue weighted by Crippen LogP contribution is -2.09. The maximum atomic E-state index is 12.3. The molecule has 0 atom stereocenters. The highest BCUT2D eigenvalue weighted by Crippen LogP contribution is 2.27. The third-order valence-electron chi connectivity index (χ3n) is 4.70. The van der Waals surface area contributed by atoms with Gasteiger partial charge in [0.1, 0.15) is 5.82 Å². The highest BCUT2D eigenvalue weighted by Gasteiger charge is 2.14. The lowest BCUT2D eigenvalue weighted by molar-refractivity contribution is 0.0939. The quantitative estimate of drug-likeness (QED) is 0.405. The van der Waals surface area contributed by atoms with E-state index >= 15 is 0 Å². The molecule has 6 nitrogen and oxygen atoms in total. The van der Waals surface area contributed by atoms with Crippen molar-refractivity contribution in [3.05, 3.63) is 70.9 Å². The van der Waals surface area contributed by atoms with E-state index in [1.807, 2.05) is 70.2 Å². The van der Waals surface area contributed by atoms with E-state index in [4.69, 9.17) is 0 Å². The number of rotatable bonds is 7. The van der Waals surface area contributed by atoms with Crippen LogP contribution in [0.2, 0.25) is 0 Å². The van der Waals surface area contributed by atoms with Gasteiger partial charge in [-0.05, 0) is 60.9 Å². The highest BCUT2D eigenvalue weighted by molar-refractivity contribution is 5.98. The summed E-state index contributed by atoms with van der Waals surface area (Å²) in [6.45, 7) is 7.82. The van der Waals surface area contributed by atoms with Gasteiger partial charge in [-0.25, -0.2) is 4.98 Å². The molecular weight excluding hydrogens is 374 g/mol. The normalized spacial score (nSPS) is 11.1. The molecule has 0 radical (unpaired) electrons. The van der Waals surface area contributed by atoms with Crippen molar-refractivity contribution in [3.63, 3.8) is 0 Å². The predicted molar refractivity (Wildman–Crippen MR) is 124 cm³/mol. The van der Waals surface area contributed by atoms with Crippen LogP contribution in [0.4, 0.5) is 23.1 Å². The summed E-state index contributed by atoms with van der Waals surface area (Å²) in [4.78, 5) is 25.2. The number of benzene rings is 2. The number of nitrogens with one attached hydrogen (secondary N) is 2. The number of aliphatic imine (C=N–C) groups is 1. The minimum Gasteiger partial charge on any atom is -0.340 e. The van der Waals surface area contributed by atoms with Crippen LogP contribution < -0.4 is 10.6 Å². The molecule has 0 unspecified atom stereocenters. The van der Waals surface area contributed by atoms with Gasteiger partial charge in [0.15, 0.2) is 5.78 Å². The monoisotopic (exact) mass is 401 g/mol. The van der Waals surface area contributed by atoms with Crippen molar-refractivity contribution in [2.75, 3.05) is 17.7 Å². The Hall–Kier alpha value is -3.54. The van der Waals surface area contributed by atoms with Gasteiger partial charge >= 0.3 is 0 Å². The lowest BCUT2D eigenvalue weighted by Gasteiger charge is -2.15. The molecule has 0 fully saturated rings. The molecule has 3 rings (SSSR count). The van der Waals surface area contributed by atoms with Gasteiger partial charge in [-0.2, -0.15) is 4.98 Å². The number of hydrogen-bond acceptors (Lipinski definition) is 6. The highest BCUT2D eigenvalue weighted by atomic mass is 16.1. The van der Waals surface area contributed by atoms with Gasteiger partial charge in [-0.1, -0.05) is 26.0 Å². The van der Waals surface area contributed by atoms with Crippen LogP contribution in [0.5, 0.6) is 0 Å². The number of carbonyl (C=O) groups is 1. The first-order chi connectivity index (χ1) is 14.4. The number of anilines is 4. The Morgan fingerprint density at radius 3 is 2.30 bits per heavy atom. The van der Waals surface area contributed by atoms with Crippen molar-refractivity contribution in [1.82, 2.24) is 9.97 Å². The number of aryl methyl sites for hydroxylation is 2. The van der Waals surface area contributed by atoms with E-state index in [9.17, 15) is 4.79 Å². The maximum Gasteiger partial charge on any atom is 0.229 e. The van der Waals surface area contributed by atoms with Gasteiger partial charge in [0.05, 0.1) is 0 Å². The number of nitrogens with zero attached hydrogens (tertiary/aromatic N) is 3. The zero-order chi connectivity index (χ0) is 21.7. The van der Waals surface area contributed by atoms with Crippen LogP contribution in [0.3, 0.4) is 0 Å². The molecule has 2 aromatic carbocycles. The van der Waals surface area contributed by atoms with Crippen molar-refractivity contribution >= 4 is 35.1 Å². The fourth-order valence-electron chi connectivity index (χ4n) is 3.18. The number of carbonyl (C=O) groups excluding carboxylic acids is 1. The number of aromatic nitrogens is 2. The van der Waals surface area contributed by atoms with Gasteiger partial charge in [0, 0.05) is 42.3 Å². The summed E-state index contributed by atoms with van der Waals surface area (Å²) in [5.74, 6) is 1.30. The second-order valence-corrected chi connectivity index (χ2v) is 7.53. The fourth-order valence-corrected chi connectivity index (χ4v) is 3.18. The van der Waals surface area contributed by atoms with Crippen LogP contribution >= 0.6 is 0 Å². The van der Waals surface area contributed by atoms with E-state index in [0.717, 1.165) is 33.6 Å². The molecule has 2 N–H and O–H groups in total. The zero-order valence-electron chi connectivity index (χ0n) is 18.0. The van der Waals surface area contributed by atoms with Crippen LogP contribution in [-0.2, 0) is 0 Å². The third-order valence-corrected chi connectivity index (χ3v) is 4.70. The lowest BCUT2D eigenvalue weighted by atomic mass is 9.96. The first-order valence-electron chi connectivity index (χ1n) is 9.92. The molecule has 3 aromatic rings. The smallest absolute Gasteiger partial charge is 0.229 e. The Balaban J connectivity index is 1.79. The molecular formula is C24H27N5O. The average molecular weight is 402 g/mol. The van der Waals surface area contributed by atoms with Gasteiger partial charge in [-0.15, -0.1) is 0 Å². The molecule has 1 aromatic heterocycles. The first-order valence-corrected chi connectivity index (χ1v) is 9.92. The maximum absolute atomic E-state index is 12.3. The minimum atomic E-state index is -0.0265. The summed E-state index contributed by atoms with van der Waals surface area (Å²) in [5.41, 5.74) is 5.62. The molecule has 0 aliphatic rings. The largest absolute Gasteiger partial charge is 0.340 e. The van der Waals surface area contributed by atoms with Crippen molar-refractivity contribution in [2.24, 2.45) is 10.9 Å². The van der Waals surface area contributed by atoms with Crippen molar-refractivity contribution in [1.29, 1.82) is 0 Å². The Labute approximate surface area is 177 Å². The van der Waals surface area contributed by atoms with Crippen molar-refractivity contribution in [3.8, 4) is 0 Å². The molecule has 0 aliphatic heterocycles. The second-order valence-electron chi connectivity index (χ2n) is 7.53. The minimum absolute atomic E-state index is 0.0265. The summed E-state index contributed by atoms with van der Waals surface area (Å²) in [6.07, 6.45) is 3.51. The molecule has 0 aliphatic carbocycles. The molecule has 1 heterocycles. The molecule has 0 bridgehead atoms. The average Bonchev–Trinajstić information content (AvgIpc) is 2.72. The molecule has 6 heteroatoms. The topological polar surface area (TPSA) is 79.3 Å². The van der Waals surface area contributed by atoms with Gasteiger partial charge in [0.25, 0.3) is 0 Å². The van der Waals surface area contributed by atoms with Crippen LogP contribution in [-0.4, -0.2) is 29.0 Å². The Morgan fingerprint density at radius 2 is 1.70 bits per heavy atom. The van der Waals surface area contributed by atoms with Gasteiger partial charge < -0.3 is 10.6 Å². The van der Waals surface area contributed by atoms with E-state index in [0.29, 0.717) is 11.8 Å². The van der Waals surface area contributed by atoms with E-state index in [1.54, 1.807) is 19.5 Å². The summed E-state index contributed by atoms with van der Waals surface area (Å²) in [7, 11) is 1.75. The van der Waals surface area contributed by atoms with Crippen LogP contribution in [0.25, 0.3) is 0 Å². The van der Waals surface area contributed by atoms with Crippen LogP contribution in [0.15, 0.2) is 53.7 Å². The van der Waals surface area contributed by atoms with Gasteiger partial charge in [0.2, 0.25) is 5.95 Å². The first kappa shape index (κ1) is 21.2. The SMILES string of the molecule is CN=Cc1ccc(Nc2nccc(Nc3c(C)cc(C(=O)C(C)C)cc3C)n2)cc1. The molecule has 154 valence electrons. The standard InChI is InChI=1S/C24H27N5O/c1-15(2)23(30)19-12-16(3)22(17(4)13-19)28-21-10-11-26-24(29-21)27-20-8-6-18(7-9-20)14-25-5/h6-15H,1-5H3,(H2,26,27,28,29). The van der Waals surface area contributed by atoms with Crippen LogP contribution in [0, 0.1) is 19.8 Å². The summed E-state index contributed by atoms with van der Waals surface area (Å²) >= 11 is 0. The molecule has 0 saturated heterocycles. The van der Waals surface area contributed by atoms with E-state index in [-0.39, 0.29) is 11.7 Å². The van der Waals surface area contributed by atoms with Gasteiger partial charge in [-0.3, -0.25) is 9.79 Å². The summed E-state index contributed by atoms with van der Waals surface area (Å²) in [6, 6.07) is 13.5. The molecule has 0 saturated carbocycles. The van der Waals surface area contributed by atoms with E-state index in [1.165, 1.54) is 0 Å². The Morgan fingerprint density at radius 1 is 1.03 bits per heavy atom. The van der Waals surface area contributed by atoms with E-state index in [2.05, 4.69) is 25.6 Å². The Bertz CT molecular complexity index is 1050. The Kier molecular flexibility index (Phi) is 6.57. The predicted octanol–water partition coefficient (Wildman–Crippen LogP) is 5.47. The molecule has 0 amide bonds. The van der Waals surface area contributed by atoms with Crippen LogP contribution in [0.1, 0.15) is 40.9 Å². The number of Topliss-reactive ketones (excluding diaryl/α,β-unsaturated/α-hetero) is 1. The summed E-state index contributed by atoms with van der Waals surface area (Å²) in [5, 5.41) is 6.58. The second kappa shape index (κ2) is 9.31. The van der Waals surface area contributed by atoms with Crippen molar-refractivity contribution < 1.29 is 4.79 Å². The zero-order valence-corrected chi connectivity index (χ0v) is 18.0. The molecule has 30 heavy (non-hydrogen) atoms. The fraction of sp³-hybridized carbons (Fsp3) is 0.250. The van der Waals surface area contributed by atoms with Crippen molar-refractivity contribution in [2.45, 2.75) is 27.7 Å². The summed E-state index contributed by atoms with van der Waals surface area (Å²) < 4.78 is 0. The number of hydrogen-bond donors (Lipinski definition) is 2. The number of ketones is 1. The molecule has 0 spiro atoms. The third kappa shape index (κ3) is 5.08.